The van der Waals surface area contributed by atoms with Crippen molar-refractivity contribution in [1.29, 1.82) is 0 Å². The van der Waals surface area contributed by atoms with Crippen LogP contribution in [0.15, 0.2) is 17.5 Å². The number of hydrogen-bond donors (Lipinski definition) is 2. The number of anilines is 1. The van der Waals surface area contributed by atoms with Crippen LogP contribution in [0.4, 0.5) is 32.2 Å². The van der Waals surface area contributed by atoms with E-state index in [1.54, 1.807) is 11.3 Å². The largest absolute Gasteiger partial charge is 0.490 e. The van der Waals surface area contributed by atoms with E-state index in [0.717, 1.165) is 62.5 Å². The van der Waals surface area contributed by atoms with Crippen molar-refractivity contribution in [2.45, 2.75) is 45.6 Å². The number of carboxylic acid groups (broad SMARTS) is 2. The highest BCUT2D eigenvalue weighted by molar-refractivity contribution is 7.09. The highest BCUT2D eigenvalue weighted by atomic mass is 32.1. The molecule has 2 aromatic heterocycles. The predicted octanol–water partition coefficient (Wildman–Crippen LogP) is 3.94. The fraction of sp³-hybridized carbons (Fsp3) is 0.609. The normalized spacial score (nSPS) is 20.1. The van der Waals surface area contributed by atoms with Crippen LogP contribution in [-0.2, 0) is 20.9 Å². The highest BCUT2D eigenvalue weighted by Crippen LogP contribution is 2.34. The van der Waals surface area contributed by atoms with Gasteiger partial charge in [-0.2, -0.15) is 31.4 Å². The number of ether oxygens (including phenoxy) is 1. The summed E-state index contributed by atoms with van der Waals surface area (Å²) in [5.74, 6) is -4.55. The average Bonchev–Trinajstić information content (AvgIpc) is 3.14. The molecule has 2 fully saturated rings. The number of hydrogen-bond acceptors (Lipinski definition) is 9. The third-order valence-corrected chi connectivity index (χ3v) is 6.65. The molecule has 224 valence electrons. The van der Waals surface area contributed by atoms with E-state index in [9.17, 15) is 26.3 Å². The summed E-state index contributed by atoms with van der Waals surface area (Å²) in [6.07, 6.45) is -7.75. The Kier molecular flexibility index (Phi) is 11.6. The van der Waals surface area contributed by atoms with Gasteiger partial charge in [0.2, 0.25) is 0 Å². The van der Waals surface area contributed by atoms with Crippen LogP contribution in [-0.4, -0.2) is 94.0 Å². The summed E-state index contributed by atoms with van der Waals surface area (Å²) in [6, 6.07) is 4.12. The summed E-state index contributed by atoms with van der Waals surface area (Å²) < 4.78 is 69.5. The van der Waals surface area contributed by atoms with E-state index in [1.165, 1.54) is 18.5 Å². The SMILES string of the molecule is Cc1ccc(N2CCOCC3(CCCN(Cc4csc(C)n4)C3)C2)nn1.O=C(O)C(F)(F)F.O=C(O)C(F)(F)F. The maximum atomic E-state index is 10.6. The fourth-order valence-corrected chi connectivity index (χ4v) is 4.75. The Labute approximate surface area is 229 Å². The number of carbonyl (C=O) groups is 2. The summed E-state index contributed by atoms with van der Waals surface area (Å²) in [4.78, 5) is 27.3. The summed E-state index contributed by atoms with van der Waals surface area (Å²) in [5.41, 5.74) is 2.31. The lowest BCUT2D eigenvalue weighted by molar-refractivity contribution is -0.193. The molecule has 1 atom stereocenters. The van der Waals surface area contributed by atoms with Gasteiger partial charge in [0, 0.05) is 37.0 Å². The third kappa shape index (κ3) is 10.8. The second-order valence-corrected chi connectivity index (χ2v) is 10.3. The Morgan fingerprint density at radius 2 is 1.65 bits per heavy atom. The first-order chi connectivity index (χ1) is 18.5. The lowest BCUT2D eigenvalue weighted by Gasteiger charge is -2.43. The van der Waals surface area contributed by atoms with Gasteiger partial charge in [0.1, 0.15) is 0 Å². The molecule has 1 unspecified atom stereocenters. The first-order valence-corrected chi connectivity index (χ1v) is 12.8. The molecule has 4 rings (SSSR count). The van der Waals surface area contributed by atoms with Crippen molar-refractivity contribution in [2.24, 2.45) is 5.41 Å². The molecule has 0 radical (unpaired) electrons. The number of likely N-dealkylation sites (tertiary alicyclic amines) is 1. The lowest BCUT2D eigenvalue weighted by Crippen LogP contribution is -2.50. The number of thiazole rings is 1. The molecule has 2 aliphatic rings. The monoisotopic (exact) mass is 601 g/mol. The molecule has 2 aliphatic heterocycles. The van der Waals surface area contributed by atoms with Crippen molar-refractivity contribution >= 4 is 29.1 Å². The van der Waals surface area contributed by atoms with Crippen molar-refractivity contribution in [1.82, 2.24) is 20.1 Å². The molecule has 0 saturated carbocycles. The molecule has 17 heteroatoms. The Morgan fingerprint density at radius 1 is 1.02 bits per heavy atom. The topological polar surface area (TPSA) is 129 Å². The number of aromatic nitrogens is 3. The van der Waals surface area contributed by atoms with E-state index in [0.29, 0.717) is 0 Å². The molecule has 0 aliphatic carbocycles. The summed E-state index contributed by atoms with van der Waals surface area (Å²) in [7, 11) is 0. The van der Waals surface area contributed by atoms with Gasteiger partial charge in [-0.3, -0.25) is 4.90 Å². The molecule has 2 aromatic rings. The number of alkyl halides is 6. The van der Waals surface area contributed by atoms with Gasteiger partial charge in [-0.15, -0.1) is 16.4 Å². The van der Waals surface area contributed by atoms with Gasteiger partial charge >= 0.3 is 24.3 Å². The maximum Gasteiger partial charge on any atom is 0.490 e. The van der Waals surface area contributed by atoms with E-state index >= 15 is 0 Å². The van der Waals surface area contributed by atoms with Crippen molar-refractivity contribution in [3.05, 3.63) is 33.9 Å². The number of aliphatic carboxylic acids is 2. The molecule has 2 saturated heterocycles. The zero-order valence-corrected chi connectivity index (χ0v) is 22.4. The van der Waals surface area contributed by atoms with Crippen LogP contribution in [0.2, 0.25) is 0 Å². The Bertz CT molecular complexity index is 1090. The Morgan fingerprint density at radius 3 is 2.15 bits per heavy atom. The molecular weight excluding hydrogens is 572 g/mol. The summed E-state index contributed by atoms with van der Waals surface area (Å²) in [5, 5.41) is 26.2. The van der Waals surface area contributed by atoms with Gasteiger partial charge in [-0.25, -0.2) is 14.6 Å². The smallest absolute Gasteiger partial charge is 0.475 e. The Hall–Kier alpha value is -3.05. The van der Waals surface area contributed by atoms with Gasteiger partial charge in [-0.1, -0.05) is 0 Å². The fourth-order valence-electron chi connectivity index (χ4n) is 4.15. The molecular formula is C23H29F6N5O5S. The van der Waals surface area contributed by atoms with Crippen molar-refractivity contribution in [3.8, 4) is 0 Å². The minimum atomic E-state index is -5.08. The number of nitrogens with zero attached hydrogens (tertiary/aromatic N) is 5. The molecule has 2 N–H and O–H groups in total. The third-order valence-electron chi connectivity index (χ3n) is 5.83. The van der Waals surface area contributed by atoms with Crippen molar-refractivity contribution in [2.75, 3.05) is 44.3 Å². The van der Waals surface area contributed by atoms with E-state index in [1.807, 2.05) is 13.0 Å². The van der Waals surface area contributed by atoms with Crippen LogP contribution in [0.3, 0.4) is 0 Å². The zero-order chi connectivity index (χ0) is 30.1. The van der Waals surface area contributed by atoms with Crippen molar-refractivity contribution < 1.29 is 50.9 Å². The predicted molar refractivity (Wildman–Crippen MR) is 131 cm³/mol. The number of rotatable bonds is 3. The minimum Gasteiger partial charge on any atom is -0.475 e. The summed E-state index contributed by atoms with van der Waals surface area (Å²) >= 11 is 1.74. The van der Waals surface area contributed by atoms with Crippen LogP contribution in [0.1, 0.15) is 29.2 Å². The molecule has 1 spiro atoms. The Balaban J connectivity index is 0.000000333. The first-order valence-electron chi connectivity index (χ1n) is 11.9. The van der Waals surface area contributed by atoms with Crippen LogP contribution in [0.5, 0.6) is 0 Å². The zero-order valence-electron chi connectivity index (χ0n) is 21.6. The summed E-state index contributed by atoms with van der Waals surface area (Å²) in [6.45, 7) is 10.6. The van der Waals surface area contributed by atoms with Gasteiger partial charge in [0.15, 0.2) is 5.82 Å². The van der Waals surface area contributed by atoms with E-state index in [4.69, 9.17) is 24.5 Å². The standard InChI is InChI=1S/C19H27N5OS.2C2HF3O2/c1-15-4-5-18(22-21-15)24-8-9-25-14-19(13-24)6-3-7-23(12-19)10-17-11-26-16(2)20-17;2*3-2(4,5)1(6)7/h4-5,11H,3,6-10,12-14H2,1-2H3;2*(H,6,7). The number of piperidine rings is 1. The van der Waals surface area contributed by atoms with E-state index < -0.39 is 24.3 Å². The molecule has 0 aromatic carbocycles. The van der Waals surface area contributed by atoms with Crippen LogP contribution < -0.4 is 4.90 Å². The molecule has 0 bridgehead atoms. The number of aryl methyl sites for hydroxylation is 2. The van der Waals surface area contributed by atoms with Crippen molar-refractivity contribution in [3.63, 3.8) is 0 Å². The van der Waals surface area contributed by atoms with E-state index in [2.05, 4.69) is 43.4 Å². The molecule has 0 amide bonds. The second-order valence-electron chi connectivity index (χ2n) is 9.28. The second kappa shape index (κ2) is 14.0. The minimum absolute atomic E-state index is 0.159. The van der Waals surface area contributed by atoms with Gasteiger partial charge < -0.3 is 19.8 Å². The quantitative estimate of drug-likeness (QED) is 0.500. The van der Waals surface area contributed by atoms with Gasteiger partial charge in [-0.05, 0) is 45.4 Å². The highest BCUT2D eigenvalue weighted by Gasteiger charge is 2.40. The average molecular weight is 602 g/mol. The van der Waals surface area contributed by atoms with Crippen LogP contribution in [0, 0.1) is 19.3 Å². The van der Waals surface area contributed by atoms with Crippen LogP contribution >= 0.6 is 11.3 Å². The van der Waals surface area contributed by atoms with Gasteiger partial charge in [0.25, 0.3) is 0 Å². The van der Waals surface area contributed by atoms with E-state index in [-0.39, 0.29) is 5.41 Å². The molecule has 40 heavy (non-hydrogen) atoms. The molecule has 10 nitrogen and oxygen atoms in total. The first kappa shape index (κ1) is 33.2. The lowest BCUT2D eigenvalue weighted by atomic mass is 9.80. The number of halogens is 6. The van der Waals surface area contributed by atoms with Gasteiger partial charge in [0.05, 0.1) is 29.6 Å². The van der Waals surface area contributed by atoms with Crippen LogP contribution in [0.25, 0.3) is 0 Å². The number of carboxylic acids is 2. The maximum absolute atomic E-state index is 10.6. The molecule has 4 heterocycles.